The predicted octanol–water partition coefficient (Wildman–Crippen LogP) is 4.82. The van der Waals surface area contributed by atoms with Crippen LogP contribution in [0.1, 0.15) is 36.5 Å². The van der Waals surface area contributed by atoms with E-state index in [0.29, 0.717) is 12.2 Å². The molecule has 1 N–H and O–H groups in total. The van der Waals surface area contributed by atoms with Crippen molar-refractivity contribution in [2.24, 2.45) is 5.92 Å². The van der Waals surface area contributed by atoms with Gasteiger partial charge in [0.25, 0.3) is 0 Å². The van der Waals surface area contributed by atoms with E-state index in [1.165, 1.54) is 12.1 Å². The lowest BCUT2D eigenvalue weighted by atomic mass is 9.99. The van der Waals surface area contributed by atoms with Crippen molar-refractivity contribution < 1.29 is 13.2 Å². The van der Waals surface area contributed by atoms with Gasteiger partial charge in [-0.1, -0.05) is 13.0 Å². The molecule has 0 saturated carbocycles. The lowest BCUT2D eigenvalue weighted by molar-refractivity contribution is -0.137. The Kier molecular flexibility index (Phi) is 5.54. The Bertz CT molecular complexity index is 817. The maximum Gasteiger partial charge on any atom is 0.417 e. The Balaban J connectivity index is 1.64. The SMILES string of the molecule is CC1CCN(c2ccc(CNc3ccc(C#N)c(C(F)(F)F)c3)cn2)CC1. The van der Waals surface area contributed by atoms with Gasteiger partial charge in [-0.15, -0.1) is 0 Å². The van der Waals surface area contributed by atoms with Crippen LogP contribution in [-0.4, -0.2) is 18.1 Å². The standard InChI is InChI=1S/C20H21F3N4/c1-14-6-8-27(9-7-14)19-5-2-15(13-26-19)12-25-17-4-3-16(11-24)18(10-17)20(21,22)23/h2-5,10,13-14,25H,6-9,12H2,1H3. The van der Waals surface area contributed by atoms with Crippen LogP contribution in [0.2, 0.25) is 0 Å². The summed E-state index contributed by atoms with van der Waals surface area (Å²) in [5.74, 6) is 1.68. The average Bonchev–Trinajstić information content (AvgIpc) is 2.66. The van der Waals surface area contributed by atoms with Gasteiger partial charge < -0.3 is 10.2 Å². The molecule has 1 aliphatic rings. The van der Waals surface area contributed by atoms with Crippen molar-refractivity contribution in [3.05, 3.63) is 53.2 Å². The van der Waals surface area contributed by atoms with Crippen LogP contribution in [0.3, 0.4) is 0 Å². The number of aromatic nitrogens is 1. The molecule has 1 fully saturated rings. The third-order valence-electron chi connectivity index (χ3n) is 4.86. The number of rotatable bonds is 4. The minimum Gasteiger partial charge on any atom is -0.381 e. The molecule has 2 heterocycles. The first kappa shape index (κ1) is 19.0. The zero-order chi connectivity index (χ0) is 19.4. The van der Waals surface area contributed by atoms with Gasteiger partial charge in [-0.3, -0.25) is 0 Å². The number of nitrogens with one attached hydrogen (secondary N) is 1. The number of pyridine rings is 1. The van der Waals surface area contributed by atoms with Gasteiger partial charge in [-0.2, -0.15) is 18.4 Å². The Morgan fingerprint density at radius 3 is 2.56 bits per heavy atom. The molecule has 1 saturated heterocycles. The maximum absolute atomic E-state index is 13.0. The number of hydrogen-bond donors (Lipinski definition) is 1. The number of halogens is 3. The fraction of sp³-hybridized carbons (Fsp3) is 0.400. The molecular weight excluding hydrogens is 353 g/mol. The number of nitrogens with zero attached hydrogens (tertiary/aromatic N) is 3. The number of anilines is 2. The second kappa shape index (κ2) is 7.87. The van der Waals surface area contributed by atoms with Crippen molar-refractivity contribution in [3.63, 3.8) is 0 Å². The average molecular weight is 374 g/mol. The highest BCUT2D eigenvalue weighted by atomic mass is 19.4. The molecule has 142 valence electrons. The molecule has 0 amide bonds. The number of alkyl halides is 3. The van der Waals surface area contributed by atoms with Crippen molar-refractivity contribution in [1.29, 1.82) is 5.26 Å². The molecule has 0 atom stereocenters. The molecule has 27 heavy (non-hydrogen) atoms. The molecule has 3 rings (SSSR count). The van der Waals surface area contributed by atoms with Crippen molar-refractivity contribution in [2.45, 2.75) is 32.5 Å². The smallest absolute Gasteiger partial charge is 0.381 e. The molecular formula is C20H21F3N4. The molecule has 0 unspecified atom stereocenters. The van der Waals surface area contributed by atoms with E-state index in [2.05, 4.69) is 22.1 Å². The molecule has 1 aromatic heterocycles. The Hall–Kier alpha value is -2.75. The van der Waals surface area contributed by atoms with E-state index in [1.54, 1.807) is 12.3 Å². The summed E-state index contributed by atoms with van der Waals surface area (Å²) in [5, 5.41) is 11.8. The van der Waals surface area contributed by atoms with Gasteiger partial charge in [0.15, 0.2) is 0 Å². The second-order valence-electron chi connectivity index (χ2n) is 6.92. The normalized spacial score (nSPS) is 15.4. The minimum atomic E-state index is -4.56. The van der Waals surface area contributed by atoms with Gasteiger partial charge in [0.2, 0.25) is 0 Å². The highest BCUT2D eigenvalue weighted by molar-refractivity contribution is 5.53. The van der Waals surface area contributed by atoms with Crippen LogP contribution in [0.15, 0.2) is 36.5 Å². The highest BCUT2D eigenvalue weighted by Crippen LogP contribution is 2.33. The van der Waals surface area contributed by atoms with Crippen LogP contribution >= 0.6 is 0 Å². The van der Waals surface area contributed by atoms with Crippen molar-refractivity contribution >= 4 is 11.5 Å². The van der Waals surface area contributed by atoms with E-state index in [1.807, 2.05) is 12.1 Å². The number of piperidine rings is 1. The van der Waals surface area contributed by atoms with Crippen molar-refractivity contribution in [3.8, 4) is 6.07 Å². The topological polar surface area (TPSA) is 52.0 Å². The van der Waals surface area contributed by atoms with E-state index < -0.39 is 11.7 Å². The van der Waals surface area contributed by atoms with Gasteiger partial charge >= 0.3 is 6.18 Å². The Morgan fingerprint density at radius 1 is 1.22 bits per heavy atom. The van der Waals surface area contributed by atoms with Gasteiger partial charge in [0, 0.05) is 31.5 Å². The van der Waals surface area contributed by atoms with Crippen LogP contribution in [0.25, 0.3) is 0 Å². The summed E-state index contributed by atoms with van der Waals surface area (Å²) in [6.45, 7) is 4.61. The lowest BCUT2D eigenvalue weighted by Crippen LogP contribution is -2.33. The van der Waals surface area contributed by atoms with Crippen LogP contribution < -0.4 is 10.2 Å². The van der Waals surface area contributed by atoms with Gasteiger partial charge in [0.1, 0.15) is 5.82 Å². The number of benzene rings is 1. The third-order valence-corrected chi connectivity index (χ3v) is 4.86. The molecule has 2 aromatic rings. The summed E-state index contributed by atoms with van der Waals surface area (Å²) in [5.41, 5.74) is -0.116. The van der Waals surface area contributed by atoms with E-state index in [9.17, 15) is 13.2 Å². The fourth-order valence-corrected chi connectivity index (χ4v) is 3.14. The molecule has 4 nitrogen and oxygen atoms in total. The first-order valence-electron chi connectivity index (χ1n) is 8.92. The summed E-state index contributed by atoms with van der Waals surface area (Å²) in [4.78, 5) is 6.74. The van der Waals surface area contributed by atoms with Gasteiger partial charge in [0.05, 0.1) is 17.2 Å². The van der Waals surface area contributed by atoms with Crippen LogP contribution in [0.5, 0.6) is 0 Å². The predicted molar refractivity (Wildman–Crippen MR) is 98.3 cm³/mol. The number of hydrogen-bond acceptors (Lipinski definition) is 4. The number of nitriles is 1. The highest BCUT2D eigenvalue weighted by Gasteiger charge is 2.33. The zero-order valence-corrected chi connectivity index (χ0v) is 15.1. The van der Waals surface area contributed by atoms with Gasteiger partial charge in [-0.05, 0) is 48.6 Å². The third kappa shape index (κ3) is 4.70. The van der Waals surface area contributed by atoms with Crippen molar-refractivity contribution in [1.82, 2.24) is 4.98 Å². The van der Waals surface area contributed by atoms with Crippen LogP contribution in [0.4, 0.5) is 24.7 Å². The monoisotopic (exact) mass is 374 g/mol. The molecule has 0 spiro atoms. The summed E-state index contributed by atoms with van der Waals surface area (Å²) < 4.78 is 39.1. The molecule has 0 aliphatic carbocycles. The summed E-state index contributed by atoms with van der Waals surface area (Å²) in [6, 6.07) is 9.09. The lowest BCUT2D eigenvalue weighted by Gasteiger charge is -2.31. The Morgan fingerprint density at radius 2 is 1.96 bits per heavy atom. The van der Waals surface area contributed by atoms with E-state index in [-0.39, 0.29) is 5.56 Å². The second-order valence-corrected chi connectivity index (χ2v) is 6.92. The minimum absolute atomic E-state index is 0.315. The zero-order valence-electron chi connectivity index (χ0n) is 15.1. The van der Waals surface area contributed by atoms with E-state index in [0.717, 1.165) is 49.3 Å². The van der Waals surface area contributed by atoms with Gasteiger partial charge in [-0.25, -0.2) is 4.98 Å². The first-order chi connectivity index (χ1) is 12.9. The molecule has 0 bridgehead atoms. The van der Waals surface area contributed by atoms with E-state index >= 15 is 0 Å². The first-order valence-corrected chi connectivity index (χ1v) is 8.92. The maximum atomic E-state index is 13.0. The van der Waals surface area contributed by atoms with Crippen LogP contribution in [-0.2, 0) is 12.7 Å². The molecule has 1 aromatic carbocycles. The summed E-state index contributed by atoms with van der Waals surface area (Å²) >= 11 is 0. The largest absolute Gasteiger partial charge is 0.417 e. The quantitative estimate of drug-likeness (QED) is 0.834. The fourth-order valence-electron chi connectivity index (χ4n) is 3.14. The van der Waals surface area contributed by atoms with Crippen molar-refractivity contribution in [2.75, 3.05) is 23.3 Å². The van der Waals surface area contributed by atoms with E-state index in [4.69, 9.17) is 5.26 Å². The molecule has 0 radical (unpaired) electrons. The molecule has 1 aliphatic heterocycles. The molecule has 7 heteroatoms. The summed E-state index contributed by atoms with van der Waals surface area (Å²) in [7, 11) is 0. The Labute approximate surface area is 156 Å². The summed E-state index contributed by atoms with van der Waals surface area (Å²) in [6.07, 6.45) is -0.497. The van der Waals surface area contributed by atoms with Crippen LogP contribution in [0, 0.1) is 17.2 Å².